The molecule has 1 fully saturated rings. The third-order valence-electron chi connectivity index (χ3n) is 2.94. The fraction of sp³-hybridized carbons (Fsp3) is 0.462. The maximum absolute atomic E-state index is 9.10. The zero-order valence-corrected chi connectivity index (χ0v) is 8.94. The van der Waals surface area contributed by atoms with Crippen LogP contribution in [0.1, 0.15) is 30.7 Å². The van der Waals surface area contributed by atoms with Gasteiger partial charge in [0.05, 0.1) is 19.1 Å². The van der Waals surface area contributed by atoms with E-state index in [1.54, 1.807) is 7.11 Å². The summed E-state index contributed by atoms with van der Waals surface area (Å²) < 4.78 is 5.09. The van der Waals surface area contributed by atoms with Gasteiger partial charge in [-0.1, -0.05) is 25.0 Å². The van der Waals surface area contributed by atoms with Crippen LogP contribution in [-0.4, -0.2) is 7.11 Å². The summed E-state index contributed by atoms with van der Waals surface area (Å²) in [6.07, 6.45) is 3.62. The van der Waals surface area contributed by atoms with Gasteiger partial charge >= 0.3 is 0 Å². The van der Waals surface area contributed by atoms with E-state index in [1.807, 2.05) is 24.3 Å². The van der Waals surface area contributed by atoms with Crippen LogP contribution in [0, 0.1) is 17.2 Å². The van der Waals surface area contributed by atoms with Crippen LogP contribution in [0.3, 0.4) is 0 Å². The first-order valence-corrected chi connectivity index (χ1v) is 5.37. The number of hydrogen-bond donors (Lipinski definition) is 0. The van der Waals surface area contributed by atoms with E-state index in [0.29, 0.717) is 0 Å². The van der Waals surface area contributed by atoms with Gasteiger partial charge in [-0.05, 0) is 30.0 Å². The van der Waals surface area contributed by atoms with Crippen LogP contribution in [0.5, 0.6) is 5.75 Å². The Morgan fingerprint density at radius 1 is 1.40 bits per heavy atom. The average molecular weight is 201 g/mol. The van der Waals surface area contributed by atoms with Crippen molar-refractivity contribution in [1.29, 1.82) is 5.26 Å². The monoisotopic (exact) mass is 201 g/mol. The van der Waals surface area contributed by atoms with E-state index >= 15 is 0 Å². The molecular weight excluding hydrogens is 186 g/mol. The van der Waals surface area contributed by atoms with Crippen molar-refractivity contribution < 1.29 is 4.74 Å². The quantitative estimate of drug-likeness (QED) is 0.749. The van der Waals surface area contributed by atoms with Crippen molar-refractivity contribution in [3.8, 4) is 11.8 Å². The molecule has 0 bridgehead atoms. The minimum Gasteiger partial charge on any atom is -0.497 e. The lowest BCUT2D eigenvalue weighted by Crippen LogP contribution is -1.97. The lowest BCUT2D eigenvalue weighted by atomic mass is 9.95. The molecule has 0 aliphatic heterocycles. The Kier molecular flexibility index (Phi) is 2.91. The maximum atomic E-state index is 9.10. The molecule has 0 amide bonds. The smallest absolute Gasteiger partial charge is 0.118 e. The van der Waals surface area contributed by atoms with E-state index in [9.17, 15) is 0 Å². The van der Waals surface area contributed by atoms with E-state index in [2.05, 4.69) is 6.07 Å². The van der Waals surface area contributed by atoms with Gasteiger partial charge in [0.2, 0.25) is 0 Å². The SMILES string of the molecule is COc1ccc(C(C#N)CC2CC2)cc1. The third kappa shape index (κ3) is 2.50. The minimum atomic E-state index is 0.0587. The molecule has 0 saturated heterocycles. The van der Waals surface area contributed by atoms with Crippen molar-refractivity contribution >= 4 is 0 Å². The average Bonchev–Trinajstić information content (AvgIpc) is 3.10. The highest BCUT2D eigenvalue weighted by atomic mass is 16.5. The molecule has 0 spiro atoms. The van der Waals surface area contributed by atoms with E-state index in [-0.39, 0.29) is 5.92 Å². The second-order valence-corrected chi connectivity index (χ2v) is 4.13. The summed E-state index contributed by atoms with van der Waals surface area (Å²) in [6, 6.07) is 10.2. The summed E-state index contributed by atoms with van der Waals surface area (Å²) in [7, 11) is 1.65. The summed E-state index contributed by atoms with van der Waals surface area (Å²) in [5.74, 6) is 1.70. The zero-order chi connectivity index (χ0) is 10.7. The van der Waals surface area contributed by atoms with Crippen LogP contribution >= 0.6 is 0 Å². The number of rotatable bonds is 4. The van der Waals surface area contributed by atoms with Gasteiger partial charge in [0, 0.05) is 0 Å². The molecule has 2 heteroatoms. The van der Waals surface area contributed by atoms with Crippen molar-refractivity contribution in [3.05, 3.63) is 29.8 Å². The molecule has 1 aromatic rings. The Morgan fingerprint density at radius 3 is 2.53 bits per heavy atom. The van der Waals surface area contributed by atoms with Crippen LogP contribution < -0.4 is 4.74 Å². The molecule has 1 aromatic carbocycles. The fourth-order valence-corrected chi connectivity index (χ4v) is 1.79. The lowest BCUT2D eigenvalue weighted by Gasteiger charge is -2.09. The van der Waals surface area contributed by atoms with Crippen LogP contribution in [0.25, 0.3) is 0 Å². The summed E-state index contributed by atoms with van der Waals surface area (Å²) >= 11 is 0. The first-order chi connectivity index (χ1) is 7.33. The Balaban J connectivity index is 2.08. The van der Waals surface area contributed by atoms with E-state index in [0.717, 1.165) is 23.7 Å². The van der Waals surface area contributed by atoms with Gasteiger partial charge in [-0.25, -0.2) is 0 Å². The molecule has 2 nitrogen and oxygen atoms in total. The number of ether oxygens (including phenoxy) is 1. The number of hydrogen-bond acceptors (Lipinski definition) is 2. The molecular formula is C13H15NO. The molecule has 1 unspecified atom stereocenters. The van der Waals surface area contributed by atoms with Crippen molar-refractivity contribution in [1.82, 2.24) is 0 Å². The fourth-order valence-electron chi connectivity index (χ4n) is 1.79. The van der Waals surface area contributed by atoms with Gasteiger partial charge in [0.15, 0.2) is 0 Å². The molecule has 2 rings (SSSR count). The first kappa shape index (κ1) is 10.0. The van der Waals surface area contributed by atoms with Gasteiger partial charge in [-0.2, -0.15) is 5.26 Å². The normalized spacial score (nSPS) is 16.8. The summed E-state index contributed by atoms with van der Waals surface area (Å²) in [5.41, 5.74) is 1.12. The van der Waals surface area contributed by atoms with Crippen molar-refractivity contribution in [3.63, 3.8) is 0 Å². The second-order valence-electron chi connectivity index (χ2n) is 4.13. The molecule has 0 aromatic heterocycles. The molecule has 1 aliphatic rings. The molecule has 1 saturated carbocycles. The van der Waals surface area contributed by atoms with E-state index in [4.69, 9.17) is 10.00 Å². The number of nitriles is 1. The molecule has 0 N–H and O–H groups in total. The van der Waals surface area contributed by atoms with Gasteiger partial charge in [0.25, 0.3) is 0 Å². The number of benzene rings is 1. The van der Waals surface area contributed by atoms with E-state index < -0.39 is 0 Å². The highest BCUT2D eigenvalue weighted by Crippen LogP contribution is 2.38. The van der Waals surface area contributed by atoms with Crippen LogP contribution in [0.15, 0.2) is 24.3 Å². The number of nitrogens with zero attached hydrogens (tertiary/aromatic N) is 1. The second kappa shape index (κ2) is 4.35. The lowest BCUT2D eigenvalue weighted by molar-refractivity contribution is 0.414. The van der Waals surface area contributed by atoms with E-state index in [1.165, 1.54) is 12.8 Å². The summed E-state index contributed by atoms with van der Waals surface area (Å²) in [5, 5.41) is 9.10. The molecule has 78 valence electrons. The topological polar surface area (TPSA) is 33.0 Å². The number of methoxy groups -OCH3 is 1. The predicted molar refractivity (Wildman–Crippen MR) is 58.7 cm³/mol. The Bertz CT molecular complexity index is 359. The van der Waals surface area contributed by atoms with Gasteiger partial charge in [-0.15, -0.1) is 0 Å². The van der Waals surface area contributed by atoms with Gasteiger partial charge in [-0.3, -0.25) is 0 Å². The maximum Gasteiger partial charge on any atom is 0.118 e. The summed E-state index contributed by atoms with van der Waals surface area (Å²) in [4.78, 5) is 0. The summed E-state index contributed by atoms with van der Waals surface area (Å²) in [6.45, 7) is 0. The van der Waals surface area contributed by atoms with Crippen LogP contribution in [0.4, 0.5) is 0 Å². The highest BCUT2D eigenvalue weighted by Gasteiger charge is 2.26. The van der Waals surface area contributed by atoms with Crippen LogP contribution in [-0.2, 0) is 0 Å². The largest absolute Gasteiger partial charge is 0.497 e. The van der Waals surface area contributed by atoms with Gasteiger partial charge in [0.1, 0.15) is 5.75 Å². The third-order valence-corrected chi connectivity index (χ3v) is 2.94. The van der Waals surface area contributed by atoms with Crippen molar-refractivity contribution in [2.24, 2.45) is 5.92 Å². The predicted octanol–water partition coefficient (Wildman–Crippen LogP) is 3.10. The molecule has 0 heterocycles. The van der Waals surface area contributed by atoms with Crippen molar-refractivity contribution in [2.45, 2.75) is 25.2 Å². The highest BCUT2D eigenvalue weighted by molar-refractivity contribution is 5.32. The standard InChI is InChI=1S/C13H15NO/c1-15-13-6-4-11(5-7-13)12(9-14)8-10-2-3-10/h4-7,10,12H,2-3,8H2,1H3. The molecule has 1 aliphatic carbocycles. The van der Waals surface area contributed by atoms with Crippen molar-refractivity contribution in [2.75, 3.05) is 7.11 Å². The molecule has 15 heavy (non-hydrogen) atoms. The Hall–Kier alpha value is -1.49. The first-order valence-electron chi connectivity index (χ1n) is 5.37. The Morgan fingerprint density at radius 2 is 2.07 bits per heavy atom. The van der Waals surface area contributed by atoms with Gasteiger partial charge < -0.3 is 4.74 Å². The minimum absolute atomic E-state index is 0.0587. The van der Waals surface area contributed by atoms with Crippen LogP contribution in [0.2, 0.25) is 0 Å². The zero-order valence-electron chi connectivity index (χ0n) is 8.94. The Labute approximate surface area is 90.5 Å². The molecule has 0 radical (unpaired) electrons. The molecule has 1 atom stereocenters.